The number of hydrogen-bond acceptors (Lipinski definition) is 7. The maximum absolute atomic E-state index is 12.9. The molecule has 1 aromatic heterocycles. The van der Waals surface area contributed by atoms with Crippen molar-refractivity contribution in [3.63, 3.8) is 0 Å². The number of fused-ring (bicyclic) bond motifs is 2. The Labute approximate surface area is 201 Å². The number of para-hydroxylation sites is 2. The number of aryl methyl sites for hydroxylation is 1. The van der Waals surface area contributed by atoms with Gasteiger partial charge in [0.25, 0.3) is 11.8 Å². The number of amides is 2. The second-order valence-corrected chi connectivity index (χ2v) is 8.66. The van der Waals surface area contributed by atoms with E-state index in [1.54, 1.807) is 41.0 Å². The van der Waals surface area contributed by atoms with Gasteiger partial charge in [0.15, 0.2) is 18.1 Å². The minimum absolute atomic E-state index is 0.147. The van der Waals surface area contributed by atoms with Crippen LogP contribution in [-0.4, -0.2) is 67.1 Å². The van der Waals surface area contributed by atoms with E-state index in [1.807, 2.05) is 25.1 Å². The number of carbonyl (C=O) groups excluding carboxylic acids is 2. The van der Waals surface area contributed by atoms with E-state index < -0.39 is 6.10 Å². The Hall–Kier alpha value is -4.01. The molecule has 9 nitrogen and oxygen atoms in total. The Bertz CT molecular complexity index is 1340. The predicted octanol–water partition coefficient (Wildman–Crippen LogP) is 2.30. The van der Waals surface area contributed by atoms with Crippen LogP contribution in [0.25, 0.3) is 11.0 Å². The lowest BCUT2D eigenvalue weighted by molar-refractivity contribution is -0.146. The fourth-order valence-electron chi connectivity index (χ4n) is 4.28. The molecule has 2 aliphatic rings. The number of nitrogens with zero attached hydrogens (tertiary/aromatic N) is 2. The van der Waals surface area contributed by atoms with Crippen molar-refractivity contribution in [2.75, 3.05) is 39.4 Å². The molecular weight excluding hydrogens is 452 g/mol. The van der Waals surface area contributed by atoms with E-state index in [9.17, 15) is 14.4 Å². The summed E-state index contributed by atoms with van der Waals surface area (Å²) in [6.45, 7) is 5.24. The van der Waals surface area contributed by atoms with Gasteiger partial charge in [-0.2, -0.15) is 0 Å². The zero-order valence-electron chi connectivity index (χ0n) is 19.6. The van der Waals surface area contributed by atoms with Crippen molar-refractivity contribution in [3.05, 3.63) is 64.0 Å². The van der Waals surface area contributed by atoms with Crippen LogP contribution < -0.4 is 19.8 Å². The lowest BCUT2D eigenvalue weighted by Crippen LogP contribution is -2.55. The van der Waals surface area contributed by atoms with Gasteiger partial charge in [-0.15, -0.1) is 0 Å². The van der Waals surface area contributed by atoms with Crippen molar-refractivity contribution in [2.45, 2.75) is 20.0 Å². The van der Waals surface area contributed by atoms with Crippen LogP contribution in [0.2, 0.25) is 0 Å². The normalized spacial score (nSPS) is 17.4. The number of benzene rings is 2. The summed E-state index contributed by atoms with van der Waals surface area (Å²) in [4.78, 5) is 40.9. The average molecular weight is 479 g/mol. The maximum Gasteiger partial charge on any atom is 0.339 e. The summed E-state index contributed by atoms with van der Waals surface area (Å²) in [5, 5.41) is 0.831. The standard InChI is InChI=1S/C26H26N2O7/c1-16-17(2)26(31)35-22-13-18(7-8-19(16)22)32-15-24(29)27-9-11-28(12-10-27)25(30)23-14-33-20-5-3-4-6-21(20)34-23/h3-8,13,23H,9-12,14-15H2,1-2H3/t23-/m0/s1. The molecule has 35 heavy (non-hydrogen) atoms. The second-order valence-electron chi connectivity index (χ2n) is 8.66. The van der Waals surface area contributed by atoms with Gasteiger partial charge in [0.05, 0.1) is 0 Å². The van der Waals surface area contributed by atoms with Crippen LogP contribution in [0.1, 0.15) is 11.1 Å². The molecule has 0 spiro atoms. The molecule has 1 saturated heterocycles. The van der Waals surface area contributed by atoms with E-state index in [4.69, 9.17) is 18.6 Å². The molecule has 0 radical (unpaired) electrons. The van der Waals surface area contributed by atoms with Gasteiger partial charge < -0.3 is 28.4 Å². The Morgan fingerprint density at radius 1 is 0.971 bits per heavy atom. The molecule has 0 bridgehead atoms. The van der Waals surface area contributed by atoms with Gasteiger partial charge in [0.1, 0.15) is 17.9 Å². The van der Waals surface area contributed by atoms with Crippen molar-refractivity contribution in [2.24, 2.45) is 0 Å². The van der Waals surface area contributed by atoms with E-state index in [0.717, 1.165) is 10.9 Å². The van der Waals surface area contributed by atoms with Crippen LogP contribution in [0.5, 0.6) is 17.2 Å². The molecule has 0 saturated carbocycles. The molecule has 1 fully saturated rings. The Balaban J connectivity index is 1.14. The highest BCUT2D eigenvalue weighted by atomic mass is 16.6. The van der Waals surface area contributed by atoms with Gasteiger partial charge in [-0.05, 0) is 43.7 Å². The van der Waals surface area contributed by atoms with E-state index in [2.05, 4.69) is 0 Å². The van der Waals surface area contributed by atoms with Gasteiger partial charge in [-0.1, -0.05) is 12.1 Å². The first-order chi connectivity index (χ1) is 16.9. The Morgan fingerprint density at radius 2 is 1.69 bits per heavy atom. The van der Waals surface area contributed by atoms with Crippen molar-refractivity contribution in [3.8, 4) is 17.2 Å². The number of hydrogen-bond donors (Lipinski definition) is 0. The van der Waals surface area contributed by atoms with Gasteiger partial charge >= 0.3 is 5.63 Å². The number of carbonyl (C=O) groups is 2. The molecule has 1 atom stereocenters. The van der Waals surface area contributed by atoms with Crippen LogP contribution >= 0.6 is 0 Å². The summed E-state index contributed by atoms with van der Waals surface area (Å²) in [6, 6.07) is 12.5. The van der Waals surface area contributed by atoms with Gasteiger partial charge in [0, 0.05) is 43.2 Å². The maximum atomic E-state index is 12.9. The second kappa shape index (κ2) is 9.32. The third-order valence-corrected chi connectivity index (χ3v) is 6.52. The molecule has 5 rings (SSSR count). The highest BCUT2D eigenvalue weighted by Crippen LogP contribution is 2.31. The fourth-order valence-corrected chi connectivity index (χ4v) is 4.28. The summed E-state index contributed by atoms with van der Waals surface area (Å²) in [5.41, 5.74) is 1.48. The number of piperazine rings is 1. The Kier molecular flexibility index (Phi) is 6.07. The van der Waals surface area contributed by atoms with Crippen molar-refractivity contribution >= 4 is 22.8 Å². The SMILES string of the molecule is Cc1c(C)c2ccc(OCC(=O)N3CCN(C(=O)[C@@H]4COc5ccccc5O4)CC3)cc2oc1=O. The van der Waals surface area contributed by atoms with Gasteiger partial charge in [-0.25, -0.2) is 4.79 Å². The summed E-state index contributed by atoms with van der Waals surface area (Å²) < 4.78 is 22.5. The molecule has 3 aromatic rings. The molecule has 182 valence electrons. The predicted molar refractivity (Wildman–Crippen MR) is 127 cm³/mol. The molecular formula is C26H26N2O7. The molecule has 2 aromatic carbocycles. The van der Waals surface area contributed by atoms with Crippen LogP contribution in [0.15, 0.2) is 51.7 Å². The highest BCUT2D eigenvalue weighted by molar-refractivity contribution is 5.84. The minimum Gasteiger partial charge on any atom is -0.485 e. The van der Waals surface area contributed by atoms with Crippen molar-refractivity contribution < 1.29 is 28.2 Å². The zero-order chi connectivity index (χ0) is 24.5. The number of rotatable bonds is 4. The molecule has 0 N–H and O–H groups in total. The first-order valence-electron chi connectivity index (χ1n) is 11.5. The van der Waals surface area contributed by atoms with Crippen LogP contribution in [0, 0.1) is 13.8 Å². The molecule has 3 heterocycles. The van der Waals surface area contributed by atoms with Gasteiger partial charge in [0.2, 0.25) is 6.10 Å². The quantitative estimate of drug-likeness (QED) is 0.531. The smallest absolute Gasteiger partial charge is 0.339 e. The van der Waals surface area contributed by atoms with E-state index in [0.29, 0.717) is 54.6 Å². The first kappa shape index (κ1) is 22.8. The summed E-state index contributed by atoms with van der Waals surface area (Å²) in [5.74, 6) is 1.31. The lowest BCUT2D eigenvalue weighted by Gasteiger charge is -2.37. The zero-order valence-corrected chi connectivity index (χ0v) is 19.6. The average Bonchev–Trinajstić information content (AvgIpc) is 2.89. The molecule has 9 heteroatoms. The highest BCUT2D eigenvalue weighted by Gasteiger charge is 2.33. The molecule has 0 unspecified atom stereocenters. The molecule has 2 aliphatic heterocycles. The van der Waals surface area contributed by atoms with Crippen molar-refractivity contribution in [1.29, 1.82) is 0 Å². The summed E-state index contributed by atoms with van der Waals surface area (Å²) >= 11 is 0. The summed E-state index contributed by atoms with van der Waals surface area (Å²) in [7, 11) is 0. The monoisotopic (exact) mass is 478 g/mol. The van der Waals surface area contributed by atoms with E-state index in [1.165, 1.54) is 0 Å². The van der Waals surface area contributed by atoms with E-state index >= 15 is 0 Å². The van der Waals surface area contributed by atoms with Crippen molar-refractivity contribution in [1.82, 2.24) is 9.80 Å². The first-order valence-corrected chi connectivity index (χ1v) is 11.5. The topological polar surface area (TPSA) is 98.5 Å². The van der Waals surface area contributed by atoms with E-state index in [-0.39, 0.29) is 30.7 Å². The lowest BCUT2D eigenvalue weighted by atomic mass is 10.1. The van der Waals surface area contributed by atoms with Crippen LogP contribution in [0.3, 0.4) is 0 Å². The third kappa shape index (κ3) is 4.53. The molecule has 2 amide bonds. The minimum atomic E-state index is -0.698. The number of ether oxygens (including phenoxy) is 3. The molecule has 0 aliphatic carbocycles. The van der Waals surface area contributed by atoms with Crippen LogP contribution in [0.4, 0.5) is 0 Å². The van der Waals surface area contributed by atoms with Gasteiger partial charge in [-0.3, -0.25) is 9.59 Å². The van der Waals surface area contributed by atoms with Crippen LogP contribution in [-0.2, 0) is 9.59 Å². The third-order valence-electron chi connectivity index (χ3n) is 6.52. The summed E-state index contributed by atoms with van der Waals surface area (Å²) in [6.07, 6.45) is -0.698. The largest absolute Gasteiger partial charge is 0.485 e. The fraction of sp³-hybridized carbons (Fsp3) is 0.346. The Morgan fingerprint density at radius 3 is 2.46 bits per heavy atom.